The number of carbonyl (C=O) groups excluding carboxylic acids is 1. The summed E-state index contributed by atoms with van der Waals surface area (Å²) in [4.78, 5) is 15.0. The molecule has 0 heterocycles. The maximum atomic E-state index is 11.6. The molecule has 178 valence electrons. The fourth-order valence-electron chi connectivity index (χ4n) is 4.33. The van der Waals surface area contributed by atoms with Gasteiger partial charge in [0.1, 0.15) is 0 Å². The molecule has 0 unspecified atom stereocenters. The Bertz CT molecular complexity index is 1330. The number of hydrogen-bond acceptors (Lipinski definition) is 2. The first-order chi connectivity index (χ1) is 16.6. The number of esters is 1. The van der Waals surface area contributed by atoms with Gasteiger partial charge in [-0.3, -0.25) is 0 Å². The zero-order valence-corrected chi connectivity index (χ0v) is 23.1. The van der Waals surface area contributed by atoms with E-state index in [1.165, 1.54) is 39.4 Å². The summed E-state index contributed by atoms with van der Waals surface area (Å²) in [6.45, 7) is 11.4. The number of ether oxygens (including phenoxy) is 1. The Labute approximate surface area is 216 Å². The van der Waals surface area contributed by atoms with Crippen LogP contribution in [0.5, 0.6) is 0 Å². The Kier molecular flexibility index (Phi) is 7.09. The third-order valence-corrected chi connectivity index (χ3v) is 8.01. The van der Waals surface area contributed by atoms with Gasteiger partial charge in [0.05, 0.1) is 0 Å². The average Bonchev–Trinajstić information content (AvgIpc) is 2.84. The molecule has 3 heteroatoms. The SMILES string of the molecule is COC(=O)c1ccc(C#C[Se]c2ccc3c(c2)C(C)(C)CC=C3c2ccc(C(C)(C)C)cc2)cc1. The summed E-state index contributed by atoms with van der Waals surface area (Å²) in [7, 11) is 1.39. The van der Waals surface area contributed by atoms with Crippen LogP contribution in [-0.2, 0) is 15.6 Å². The second kappa shape index (κ2) is 9.90. The fraction of sp³-hybridized carbons (Fsp3) is 0.281. The number of fused-ring (bicyclic) bond motifs is 1. The number of allylic oxidation sites excluding steroid dienone is 1. The van der Waals surface area contributed by atoms with Crippen LogP contribution >= 0.6 is 0 Å². The van der Waals surface area contributed by atoms with E-state index in [0.29, 0.717) is 5.56 Å². The zero-order valence-electron chi connectivity index (χ0n) is 21.4. The number of carbonyl (C=O) groups is 1. The van der Waals surface area contributed by atoms with Crippen molar-refractivity contribution in [2.45, 2.75) is 51.9 Å². The second-order valence-electron chi connectivity index (χ2n) is 10.6. The molecule has 0 bridgehead atoms. The number of methoxy groups -OCH3 is 1. The van der Waals surface area contributed by atoms with Gasteiger partial charge in [-0.05, 0) is 0 Å². The Morgan fingerprint density at radius 2 is 1.66 bits per heavy atom. The van der Waals surface area contributed by atoms with Crippen molar-refractivity contribution in [3.63, 3.8) is 0 Å². The fourth-order valence-corrected chi connectivity index (χ4v) is 5.59. The molecular weight excluding hydrogens is 495 g/mol. The summed E-state index contributed by atoms with van der Waals surface area (Å²) in [5.41, 5.74) is 8.38. The van der Waals surface area contributed by atoms with Crippen LogP contribution in [-0.4, -0.2) is 28.0 Å². The molecule has 0 aliphatic heterocycles. The predicted molar refractivity (Wildman–Crippen MR) is 146 cm³/mol. The molecule has 0 saturated carbocycles. The third-order valence-electron chi connectivity index (χ3n) is 6.56. The van der Waals surface area contributed by atoms with E-state index in [0.717, 1.165) is 12.0 Å². The quantitative estimate of drug-likeness (QED) is 0.230. The van der Waals surface area contributed by atoms with Crippen LogP contribution in [0.3, 0.4) is 0 Å². The van der Waals surface area contributed by atoms with Crippen LogP contribution < -0.4 is 4.46 Å². The van der Waals surface area contributed by atoms with Crippen LogP contribution in [0.15, 0.2) is 72.8 Å². The van der Waals surface area contributed by atoms with Crippen LogP contribution in [0, 0.1) is 10.7 Å². The first-order valence-corrected chi connectivity index (χ1v) is 13.6. The monoisotopic (exact) mass is 528 g/mol. The van der Waals surface area contributed by atoms with Gasteiger partial charge in [0.2, 0.25) is 0 Å². The zero-order chi connectivity index (χ0) is 25.2. The van der Waals surface area contributed by atoms with Crippen molar-refractivity contribution in [3.05, 3.63) is 106 Å². The Balaban J connectivity index is 1.57. The van der Waals surface area contributed by atoms with Crippen molar-refractivity contribution < 1.29 is 9.53 Å². The molecule has 35 heavy (non-hydrogen) atoms. The molecule has 0 amide bonds. The first-order valence-electron chi connectivity index (χ1n) is 11.9. The second-order valence-corrected chi connectivity index (χ2v) is 12.5. The van der Waals surface area contributed by atoms with E-state index in [1.54, 1.807) is 12.1 Å². The summed E-state index contributed by atoms with van der Waals surface area (Å²) in [6.07, 6.45) is 3.42. The Morgan fingerprint density at radius 1 is 0.971 bits per heavy atom. The Morgan fingerprint density at radius 3 is 2.29 bits per heavy atom. The van der Waals surface area contributed by atoms with Crippen molar-refractivity contribution in [1.29, 1.82) is 0 Å². The summed E-state index contributed by atoms with van der Waals surface area (Å²) >= 11 is 0.0435. The number of hydrogen-bond donors (Lipinski definition) is 0. The summed E-state index contributed by atoms with van der Waals surface area (Å²) in [5.74, 6) is 2.91. The van der Waals surface area contributed by atoms with Gasteiger partial charge in [-0.1, -0.05) is 0 Å². The van der Waals surface area contributed by atoms with Crippen molar-refractivity contribution in [2.75, 3.05) is 7.11 Å². The van der Waals surface area contributed by atoms with Gasteiger partial charge in [0, 0.05) is 0 Å². The van der Waals surface area contributed by atoms with E-state index in [4.69, 9.17) is 4.74 Å². The minimum atomic E-state index is -0.330. The number of benzene rings is 3. The summed E-state index contributed by atoms with van der Waals surface area (Å²) in [6, 6.07) is 23.2. The van der Waals surface area contributed by atoms with E-state index < -0.39 is 0 Å². The van der Waals surface area contributed by atoms with Gasteiger partial charge in [-0.15, -0.1) is 0 Å². The van der Waals surface area contributed by atoms with Crippen molar-refractivity contribution in [1.82, 2.24) is 0 Å². The molecule has 0 fully saturated rings. The minimum absolute atomic E-state index is 0.0435. The molecule has 1 aliphatic carbocycles. The van der Waals surface area contributed by atoms with Gasteiger partial charge in [-0.2, -0.15) is 0 Å². The van der Waals surface area contributed by atoms with Crippen LogP contribution in [0.2, 0.25) is 0 Å². The van der Waals surface area contributed by atoms with E-state index in [9.17, 15) is 4.79 Å². The van der Waals surface area contributed by atoms with Gasteiger partial charge < -0.3 is 0 Å². The molecule has 3 aromatic rings. The third kappa shape index (κ3) is 5.62. The standard InChI is InChI=1S/C32H32O2Se/c1-31(2,3)25-13-11-23(12-14-25)27-17-19-32(4,5)29-21-26(15-16-28(27)29)35-20-18-22-7-9-24(10-8-22)30(33)34-6/h7-17,21H,19H2,1-6H3. The van der Waals surface area contributed by atoms with E-state index in [2.05, 4.69) is 93.9 Å². The molecule has 3 aromatic carbocycles. The maximum absolute atomic E-state index is 11.6. The van der Waals surface area contributed by atoms with E-state index >= 15 is 0 Å². The molecule has 1 aliphatic rings. The molecule has 0 radical (unpaired) electrons. The molecule has 4 rings (SSSR count). The molecule has 0 atom stereocenters. The topological polar surface area (TPSA) is 26.3 Å². The van der Waals surface area contributed by atoms with Crippen LogP contribution in [0.4, 0.5) is 0 Å². The van der Waals surface area contributed by atoms with Crippen LogP contribution in [0.25, 0.3) is 5.57 Å². The molecule has 0 spiro atoms. The van der Waals surface area contributed by atoms with E-state index in [-0.39, 0.29) is 31.8 Å². The van der Waals surface area contributed by atoms with Crippen LogP contribution in [0.1, 0.15) is 79.2 Å². The first kappa shape index (κ1) is 25.1. The van der Waals surface area contributed by atoms with Gasteiger partial charge >= 0.3 is 216 Å². The predicted octanol–water partition coefficient (Wildman–Crippen LogP) is 6.22. The molecule has 0 aromatic heterocycles. The Hall–Kier alpha value is -3.05. The molecule has 0 N–H and O–H groups in total. The van der Waals surface area contributed by atoms with Crippen molar-refractivity contribution in [2.24, 2.45) is 0 Å². The van der Waals surface area contributed by atoms with Gasteiger partial charge in [0.25, 0.3) is 0 Å². The van der Waals surface area contributed by atoms with Crippen molar-refractivity contribution in [3.8, 4) is 10.7 Å². The molecule has 2 nitrogen and oxygen atoms in total. The van der Waals surface area contributed by atoms with Gasteiger partial charge in [-0.25, -0.2) is 0 Å². The van der Waals surface area contributed by atoms with Crippen molar-refractivity contribution >= 4 is 31.0 Å². The van der Waals surface area contributed by atoms with E-state index in [1.807, 2.05) is 12.1 Å². The van der Waals surface area contributed by atoms with Gasteiger partial charge in [0.15, 0.2) is 0 Å². The summed E-state index contributed by atoms with van der Waals surface area (Å²) in [5, 5.41) is 0. The molecular formula is C32H32O2Se. The molecule has 0 saturated heterocycles. The summed E-state index contributed by atoms with van der Waals surface area (Å²) < 4.78 is 6.04. The average molecular weight is 528 g/mol. The normalized spacial score (nSPS) is 14.3. The number of rotatable bonds is 3.